The van der Waals surface area contributed by atoms with Crippen LogP contribution < -0.4 is 0 Å². The van der Waals surface area contributed by atoms with E-state index in [1.54, 1.807) is 6.20 Å². The third-order valence-electron chi connectivity index (χ3n) is 4.25. The number of hydrogen-bond donors (Lipinski definition) is 2. The number of ketones is 1. The molecule has 0 saturated carbocycles. The Morgan fingerprint density at radius 1 is 1.50 bits per heavy atom. The Balaban J connectivity index is 1.71. The number of Topliss-reactive ketones (excluding diaryl/α,β-unsaturated/α-hetero) is 1. The predicted molar refractivity (Wildman–Crippen MR) is 78.9 cm³/mol. The largest absolute Gasteiger partial charge is 0.393 e. The number of para-hydroxylation sites is 1. The molecular weight excluding hydrogens is 252 g/mol. The molecule has 3 rings (SSSR count). The molecule has 1 aliphatic rings. The SMILES string of the molecule is CC(O)C1CCN(CC(=O)c2c[nH]c3ccccc23)C1. The van der Waals surface area contributed by atoms with Gasteiger partial charge in [-0.2, -0.15) is 0 Å². The van der Waals surface area contributed by atoms with Crippen LogP contribution in [0.5, 0.6) is 0 Å². The lowest BCUT2D eigenvalue weighted by Gasteiger charge is -2.16. The van der Waals surface area contributed by atoms with Crippen LogP contribution >= 0.6 is 0 Å². The molecular formula is C16H20N2O2. The first-order valence-electron chi connectivity index (χ1n) is 7.15. The van der Waals surface area contributed by atoms with Crippen molar-refractivity contribution in [2.75, 3.05) is 19.6 Å². The summed E-state index contributed by atoms with van der Waals surface area (Å²) in [5.74, 6) is 0.444. The minimum Gasteiger partial charge on any atom is -0.393 e. The van der Waals surface area contributed by atoms with Gasteiger partial charge in [-0.25, -0.2) is 0 Å². The average Bonchev–Trinajstić information content (AvgIpc) is 3.04. The van der Waals surface area contributed by atoms with E-state index in [1.807, 2.05) is 31.2 Å². The maximum absolute atomic E-state index is 12.4. The number of aromatic amines is 1. The van der Waals surface area contributed by atoms with Crippen LogP contribution in [-0.4, -0.2) is 46.5 Å². The van der Waals surface area contributed by atoms with Crippen LogP contribution in [0.1, 0.15) is 23.7 Å². The zero-order valence-electron chi connectivity index (χ0n) is 11.7. The van der Waals surface area contributed by atoms with Crippen molar-refractivity contribution in [2.45, 2.75) is 19.4 Å². The summed E-state index contributed by atoms with van der Waals surface area (Å²) in [5, 5.41) is 10.6. The zero-order valence-corrected chi connectivity index (χ0v) is 11.7. The van der Waals surface area contributed by atoms with Crippen LogP contribution in [0.4, 0.5) is 0 Å². The van der Waals surface area contributed by atoms with Crippen LogP contribution in [0.3, 0.4) is 0 Å². The molecule has 4 heteroatoms. The number of nitrogens with zero attached hydrogens (tertiary/aromatic N) is 1. The molecule has 0 aliphatic carbocycles. The van der Waals surface area contributed by atoms with E-state index in [4.69, 9.17) is 0 Å². The van der Waals surface area contributed by atoms with Crippen molar-refractivity contribution in [3.8, 4) is 0 Å². The number of aliphatic hydroxyl groups excluding tert-OH is 1. The van der Waals surface area contributed by atoms with E-state index in [0.29, 0.717) is 12.5 Å². The lowest BCUT2D eigenvalue weighted by Crippen LogP contribution is -2.29. The van der Waals surface area contributed by atoms with Gasteiger partial charge < -0.3 is 10.1 Å². The van der Waals surface area contributed by atoms with E-state index in [-0.39, 0.29) is 11.9 Å². The van der Waals surface area contributed by atoms with Crippen LogP contribution in [0.15, 0.2) is 30.5 Å². The van der Waals surface area contributed by atoms with Crippen LogP contribution in [0.25, 0.3) is 10.9 Å². The van der Waals surface area contributed by atoms with Crippen molar-refractivity contribution in [1.29, 1.82) is 0 Å². The summed E-state index contributed by atoms with van der Waals surface area (Å²) in [6, 6.07) is 7.86. The van der Waals surface area contributed by atoms with Gasteiger partial charge in [0.15, 0.2) is 5.78 Å². The van der Waals surface area contributed by atoms with Gasteiger partial charge in [0.1, 0.15) is 0 Å². The molecule has 2 unspecified atom stereocenters. The van der Waals surface area contributed by atoms with Crippen LogP contribution in [-0.2, 0) is 0 Å². The van der Waals surface area contributed by atoms with Crippen molar-refractivity contribution in [1.82, 2.24) is 9.88 Å². The molecule has 4 nitrogen and oxygen atoms in total. The van der Waals surface area contributed by atoms with Gasteiger partial charge in [-0.3, -0.25) is 9.69 Å². The average molecular weight is 272 g/mol. The van der Waals surface area contributed by atoms with Crippen LogP contribution in [0, 0.1) is 5.92 Å². The van der Waals surface area contributed by atoms with Crippen molar-refractivity contribution < 1.29 is 9.90 Å². The second-order valence-corrected chi connectivity index (χ2v) is 5.70. The quantitative estimate of drug-likeness (QED) is 0.838. The molecule has 2 heterocycles. The second-order valence-electron chi connectivity index (χ2n) is 5.70. The maximum atomic E-state index is 12.4. The van der Waals surface area contributed by atoms with E-state index in [1.165, 1.54) is 0 Å². The second kappa shape index (κ2) is 5.38. The topological polar surface area (TPSA) is 56.3 Å². The minimum absolute atomic E-state index is 0.147. The van der Waals surface area contributed by atoms with Crippen molar-refractivity contribution in [2.24, 2.45) is 5.92 Å². The molecule has 106 valence electrons. The summed E-state index contributed by atoms with van der Waals surface area (Å²) >= 11 is 0. The third-order valence-corrected chi connectivity index (χ3v) is 4.25. The van der Waals surface area contributed by atoms with Crippen molar-refractivity contribution >= 4 is 16.7 Å². The highest BCUT2D eigenvalue weighted by molar-refractivity contribution is 6.08. The molecule has 2 aromatic rings. The smallest absolute Gasteiger partial charge is 0.178 e. The lowest BCUT2D eigenvalue weighted by molar-refractivity contribution is 0.0927. The standard InChI is InChI=1S/C16H20N2O2/c1-11(19)12-6-7-18(9-12)10-16(20)14-8-17-15-5-3-2-4-13(14)15/h2-5,8,11-12,17,19H,6-7,9-10H2,1H3. The highest BCUT2D eigenvalue weighted by Gasteiger charge is 2.27. The summed E-state index contributed by atoms with van der Waals surface area (Å²) in [4.78, 5) is 17.7. The number of rotatable bonds is 4. The van der Waals surface area contributed by atoms with Gasteiger partial charge in [-0.05, 0) is 31.9 Å². The Kier molecular flexibility index (Phi) is 3.59. The van der Waals surface area contributed by atoms with Crippen molar-refractivity contribution in [3.63, 3.8) is 0 Å². The summed E-state index contributed by atoms with van der Waals surface area (Å²) in [7, 11) is 0. The Bertz CT molecular complexity index is 618. The summed E-state index contributed by atoms with van der Waals surface area (Å²) in [6.45, 7) is 3.97. The lowest BCUT2D eigenvalue weighted by atomic mass is 10.0. The number of H-pyrrole nitrogens is 1. The fourth-order valence-corrected chi connectivity index (χ4v) is 2.99. The molecule has 0 spiro atoms. The number of benzene rings is 1. The van der Waals surface area contributed by atoms with E-state index in [2.05, 4.69) is 9.88 Å². The Hall–Kier alpha value is -1.65. The molecule has 1 aliphatic heterocycles. The molecule has 1 aromatic heterocycles. The Labute approximate surface area is 118 Å². The number of hydrogen-bond acceptors (Lipinski definition) is 3. The Morgan fingerprint density at radius 3 is 3.05 bits per heavy atom. The van der Waals surface area contributed by atoms with E-state index in [0.717, 1.165) is 36.0 Å². The number of aromatic nitrogens is 1. The molecule has 2 atom stereocenters. The van der Waals surface area contributed by atoms with E-state index < -0.39 is 0 Å². The molecule has 1 fully saturated rings. The fourth-order valence-electron chi connectivity index (χ4n) is 2.99. The first-order chi connectivity index (χ1) is 9.65. The normalized spacial score (nSPS) is 21.4. The molecule has 0 bridgehead atoms. The molecule has 0 amide bonds. The first-order valence-corrected chi connectivity index (χ1v) is 7.15. The number of likely N-dealkylation sites (tertiary alicyclic amines) is 1. The molecule has 0 radical (unpaired) electrons. The zero-order chi connectivity index (χ0) is 14.1. The highest BCUT2D eigenvalue weighted by atomic mass is 16.3. The van der Waals surface area contributed by atoms with E-state index >= 15 is 0 Å². The summed E-state index contributed by atoms with van der Waals surface area (Å²) < 4.78 is 0. The number of carbonyl (C=O) groups excluding carboxylic acids is 1. The van der Waals surface area contributed by atoms with E-state index in [9.17, 15) is 9.90 Å². The summed E-state index contributed by atoms with van der Waals surface area (Å²) in [6.07, 6.45) is 2.48. The van der Waals surface area contributed by atoms with Crippen LogP contribution in [0.2, 0.25) is 0 Å². The number of aliphatic hydroxyl groups is 1. The minimum atomic E-state index is -0.289. The monoisotopic (exact) mass is 272 g/mol. The van der Waals surface area contributed by atoms with Gasteiger partial charge in [0.2, 0.25) is 0 Å². The Morgan fingerprint density at radius 2 is 2.30 bits per heavy atom. The summed E-state index contributed by atoms with van der Waals surface area (Å²) in [5.41, 5.74) is 1.76. The van der Waals surface area contributed by atoms with Gasteiger partial charge in [-0.15, -0.1) is 0 Å². The molecule has 1 aromatic carbocycles. The van der Waals surface area contributed by atoms with Gasteiger partial charge in [-0.1, -0.05) is 18.2 Å². The third kappa shape index (κ3) is 2.49. The molecule has 2 N–H and O–H groups in total. The number of carbonyl (C=O) groups is 1. The van der Waals surface area contributed by atoms with Gasteiger partial charge >= 0.3 is 0 Å². The van der Waals surface area contributed by atoms with Crippen molar-refractivity contribution in [3.05, 3.63) is 36.0 Å². The van der Waals surface area contributed by atoms with Gasteiger partial charge in [0, 0.05) is 29.2 Å². The highest BCUT2D eigenvalue weighted by Crippen LogP contribution is 2.22. The number of fused-ring (bicyclic) bond motifs is 1. The van der Waals surface area contributed by atoms with Gasteiger partial charge in [0.05, 0.1) is 12.6 Å². The molecule has 1 saturated heterocycles. The predicted octanol–water partition coefficient (Wildman–Crippen LogP) is 2.05. The number of nitrogens with one attached hydrogen (secondary N) is 1. The fraction of sp³-hybridized carbons (Fsp3) is 0.438. The maximum Gasteiger partial charge on any atom is 0.178 e. The van der Waals surface area contributed by atoms with Gasteiger partial charge in [0.25, 0.3) is 0 Å². The molecule has 20 heavy (non-hydrogen) atoms. The first kappa shape index (κ1) is 13.3.